The van der Waals surface area contributed by atoms with E-state index in [1.165, 1.54) is 24.8 Å². The summed E-state index contributed by atoms with van der Waals surface area (Å²) in [5.74, 6) is 0.945. The van der Waals surface area contributed by atoms with Crippen LogP contribution in [-0.4, -0.2) is 37.7 Å². The summed E-state index contributed by atoms with van der Waals surface area (Å²) in [6.45, 7) is 4.25. The molecule has 1 saturated carbocycles. The molecule has 0 spiro atoms. The molecule has 3 heteroatoms. The van der Waals surface area contributed by atoms with E-state index in [2.05, 4.69) is 42.4 Å². The molecule has 1 aliphatic carbocycles. The molecule has 1 aliphatic rings. The highest BCUT2D eigenvalue weighted by molar-refractivity contribution is 5.28. The van der Waals surface area contributed by atoms with Gasteiger partial charge in [0.2, 0.25) is 0 Å². The third-order valence-corrected chi connectivity index (χ3v) is 4.08. The number of nitrogens with zero attached hydrogens (tertiary/aromatic N) is 1. The lowest BCUT2D eigenvalue weighted by Crippen LogP contribution is -2.44. The maximum absolute atomic E-state index is 5.29. The third-order valence-electron chi connectivity index (χ3n) is 4.08. The summed E-state index contributed by atoms with van der Waals surface area (Å²) in [5.41, 5.74) is 1.32. The molecule has 2 rings (SSSR count). The van der Waals surface area contributed by atoms with Crippen LogP contribution < -0.4 is 10.1 Å². The fraction of sp³-hybridized carbons (Fsp3) is 0.625. The van der Waals surface area contributed by atoms with E-state index in [1.54, 1.807) is 7.11 Å². The molecule has 0 aromatic heterocycles. The summed E-state index contributed by atoms with van der Waals surface area (Å²) in [6.07, 6.45) is 3.95. The Hall–Kier alpha value is -1.06. The highest BCUT2D eigenvalue weighted by Gasteiger charge is 2.29. The van der Waals surface area contributed by atoms with Gasteiger partial charge in [-0.2, -0.15) is 0 Å². The van der Waals surface area contributed by atoms with Crippen LogP contribution in [-0.2, 0) is 6.54 Å². The Labute approximate surface area is 116 Å². The van der Waals surface area contributed by atoms with Crippen LogP contribution in [0.2, 0.25) is 0 Å². The van der Waals surface area contributed by atoms with Gasteiger partial charge in [0.1, 0.15) is 5.75 Å². The van der Waals surface area contributed by atoms with Crippen LogP contribution >= 0.6 is 0 Å². The molecule has 0 radical (unpaired) electrons. The molecular formula is C16H26N2O. The standard InChI is InChI=1S/C16H26N2O/c1-4-17-15-9-6-10-16(15)18(2)12-13-7-5-8-14(11-13)19-3/h5,7-8,11,15-17H,4,6,9-10,12H2,1-3H3. The van der Waals surface area contributed by atoms with E-state index >= 15 is 0 Å². The smallest absolute Gasteiger partial charge is 0.119 e. The van der Waals surface area contributed by atoms with Crippen LogP contribution in [0.3, 0.4) is 0 Å². The fourth-order valence-electron chi connectivity index (χ4n) is 3.14. The van der Waals surface area contributed by atoms with Gasteiger partial charge < -0.3 is 10.1 Å². The van der Waals surface area contributed by atoms with Crippen molar-refractivity contribution in [2.24, 2.45) is 0 Å². The minimum atomic E-state index is 0.653. The molecule has 2 atom stereocenters. The van der Waals surface area contributed by atoms with Crippen LogP contribution in [0.5, 0.6) is 5.75 Å². The molecule has 1 N–H and O–H groups in total. The monoisotopic (exact) mass is 262 g/mol. The first-order valence-electron chi connectivity index (χ1n) is 7.31. The molecule has 1 aromatic carbocycles. The van der Waals surface area contributed by atoms with Crippen molar-refractivity contribution in [1.29, 1.82) is 0 Å². The van der Waals surface area contributed by atoms with Crippen LogP contribution in [0, 0.1) is 0 Å². The Morgan fingerprint density at radius 3 is 2.95 bits per heavy atom. The number of benzene rings is 1. The molecule has 106 valence electrons. The normalized spacial score (nSPS) is 22.9. The van der Waals surface area contributed by atoms with Crippen molar-refractivity contribution in [1.82, 2.24) is 10.2 Å². The maximum atomic E-state index is 5.29. The average molecular weight is 262 g/mol. The van der Waals surface area contributed by atoms with E-state index < -0.39 is 0 Å². The molecule has 0 amide bonds. The van der Waals surface area contributed by atoms with E-state index in [1.807, 2.05) is 6.07 Å². The number of ether oxygens (including phenoxy) is 1. The molecule has 0 aliphatic heterocycles. The van der Waals surface area contributed by atoms with Gasteiger partial charge in [-0.3, -0.25) is 4.90 Å². The average Bonchev–Trinajstić information content (AvgIpc) is 2.88. The van der Waals surface area contributed by atoms with Gasteiger partial charge in [-0.15, -0.1) is 0 Å². The van der Waals surface area contributed by atoms with Crippen LogP contribution in [0.1, 0.15) is 31.7 Å². The number of methoxy groups -OCH3 is 1. The summed E-state index contributed by atoms with van der Waals surface area (Å²) in [5, 5.41) is 3.62. The number of hydrogen-bond donors (Lipinski definition) is 1. The first kappa shape index (κ1) is 14.4. The molecular weight excluding hydrogens is 236 g/mol. The van der Waals surface area contributed by atoms with Crippen molar-refractivity contribution in [2.45, 2.75) is 44.8 Å². The highest BCUT2D eigenvalue weighted by Crippen LogP contribution is 2.25. The van der Waals surface area contributed by atoms with Gasteiger partial charge in [-0.05, 0) is 44.1 Å². The molecule has 1 fully saturated rings. The van der Waals surface area contributed by atoms with Gasteiger partial charge in [0.25, 0.3) is 0 Å². The zero-order valence-electron chi connectivity index (χ0n) is 12.4. The van der Waals surface area contributed by atoms with Gasteiger partial charge >= 0.3 is 0 Å². The second kappa shape index (κ2) is 6.92. The molecule has 1 aromatic rings. The van der Waals surface area contributed by atoms with Gasteiger partial charge in [0, 0.05) is 18.6 Å². The molecule has 0 bridgehead atoms. The number of nitrogens with one attached hydrogen (secondary N) is 1. The topological polar surface area (TPSA) is 24.5 Å². The maximum Gasteiger partial charge on any atom is 0.119 e. The third kappa shape index (κ3) is 3.71. The van der Waals surface area contributed by atoms with Crippen molar-refractivity contribution in [2.75, 3.05) is 20.7 Å². The number of hydrogen-bond acceptors (Lipinski definition) is 3. The number of likely N-dealkylation sites (N-methyl/N-ethyl adjacent to an activating group) is 2. The van der Waals surface area contributed by atoms with E-state index in [0.717, 1.165) is 18.8 Å². The summed E-state index contributed by atoms with van der Waals surface area (Å²) >= 11 is 0. The largest absolute Gasteiger partial charge is 0.497 e. The molecule has 3 nitrogen and oxygen atoms in total. The van der Waals surface area contributed by atoms with E-state index in [4.69, 9.17) is 4.74 Å². The lowest BCUT2D eigenvalue weighted by Gasteiger charge is -2.30. The highest BCUT2D eigenvalue weighted by atomic mass is 16.5. The molecule has 0 heterocycles. The van der Waals surface area contributed by atoms with E-state index in [0.29, 0.717) is 12.1 Å². The van der Waals surface area contributed by atoms with Crippen LogP contribution in [0.15, 0.2) is 24.3 Å². The lowest BCUT2D eigenvalue weighted by molar-refractivity contribution is 0.204. The van der Waals surface area contributed by atoms with Crippen molar-refractivity contribution in [3.8, 4) is 5.75 Å². The molecule has 2 unspecified atom stereocenters. The van der Waals surface area contributed by atoms with E-state index in [-0.39, 0.29) is 0 Å². The fourth-order valence-corrected chi connectivity index (χ4v) is 3.14. The Bertz CT molecular complexity index is 394. The minimum Gasteiger partial charge on any atom is -0.497 e. The van der Waals surface area contributed by atoms with Gasteiger partial charge in [-0.25, -0.2) is 0 Å². The second-order valence-corrected chi connectivity index (χ2v) is 5.43. The predicted molar refractivity (Wildman–Crippen MR) is 79.6 cm³/mol. The first-order valence-corrected chi connectivity index (χ1v) is 7.31. The number of rotatable bonds is 6. The first-order chi connectivity index (χ1) is 9.24. The summed E-state index contributed by atoms with van der Waals surface area (Å²) in [7, 11) is 3.96. The summed E-state index contributed by atoms with van der Waals surface area (Å²) in [6, 6.07) is 9.69. The molecule has 19 heavy (non-hydrogen) atoms. The van der Waals surface area contributed by atoms with Crippen molar-refractivity contribution in [3.05, 3.63) is 29.8 Å². The zero-order valence-corrected chi connectivity index (χ0v) is 12.4. The molecule has 0 saturated heterocycles. The predicted octanol–water partition coefficient (Wildman–Crippen LogP) is 2.66. The van der Waals surface area contributed by atoms with Gasteiger partial charge in [-0.1, -0.05) is 25.5 Å². The van der Waals surface area contributed by atoms with Crippen LogP contribution in [0.4, 0.5) is 0 Å². The second-order valence-electron chi connectivity index (χ2n) is 5.43. The Kier molecular flexibility index (Phi) is 5.23. The SMILES string of the molecule is CCNC1CCCC1N(C)Cc1cccc(OC)c1. The van der Waals surface area contributed by atoms with Gasteiger partial charge in [0.15, 0.2) is 0 Å². The van der Waals surface area contributed by atoms with Crippen molar-refractivity contribution >= 4 is 0 Å². The van der Waals surface area contributed by atoms with E-state index in [9.17, 15) is 0 Å². The zero-order chi connectivity index (χ0) is 13.7. The Morgan fingerprint density at radius 1 is 1.37 bits per heavy atom. The van der Waals surface area contributed by atoms with Crippen LogP contribution in [0.25, 0.3) is 0 Å². The van der Waals surface area contributed by atoms with Crippen molar-refractivity contribution < 1.29 is 4.74 Å². The minimum absolute atomic E-state index is 0.653. The Morgan fingerprint density at radius 2 is 2.21 bits per heavy atom. The van der Waals surface area contributed by atoms with Crippen molar-refractivity contribution in [3.63, 3.8) is 0 Å². The quantitative estimate of drug-likeness (QED) is 0.853. The lowest BCUT2D eigenvalue weighted by atomic mass is 10.1. The summed E-state index contributed by atoms with van der Waals surface area (Å²) < 4.78 is 5.29. The Balaban J connectivity index is 1.97. The summed E-state index contributed by atoms with van der Waals surface area (Å²) in [4.78, 5) is 2.48. The van der Waals surface area contributed by atoms with Gasteiger partial charge in [0.05, 0.1) is 7.11 Å².